The minimum atomic E-state index is -0.0956. The molecule has 0 aliphatic rings. The van der Waals surface area contributed by atoms with Crippen LogP contribution in [-0.2, 0) is 4.79 Å². The van der Waals surface area contributed by atoms with Crippen LogP contribution in [0.2, 0.25) is 0 Å². The number of guanidine groups is 1. The zero-order chi connectivity index (χ0) is 19.4. The van der Waals surface area contributed by atoms with Gasteiger partial charge >= 0.3 is 0 Å². The molecule has 0 aliphatic heterocycles. The molecular formula is C19H32N4O3. The molecule has 7 heteroatoms. The van der Waals surface area contributed by atoms with Crippen LogP contribution in [0.3, 0.4) is 0 Å². The molecule has 1 unspecified atom stereocenters. The van der Waals surface area contributed by atoms with Gasteiger partial charge in [-0.2, -0.15) is 0 Å². The van der Waals surface area contributed by atoms with Crippen LogP contribution >= 0.6 is 0 Å². The van der Waals surface area contributed by atoms with Crippen LogP contribution in [0.1, 0.15) is 34.1 Å². The summed E-state index contributed by atoms with van der Waals surface area (Å²) in [5.41, 5.74) is 0. The van der Waals surface area contributed by atoms with Crippen LogP contribution in [0.5, 0.6) is 11.5 Å². The van der Waals surface area contributed by atoms with Gasteiger partial charge in [-0.15, -0.1) is 0 Å². The first-order valence-electron chi connectivity index (χ1n) is 9.06. The normalized spacial score (nSPS) is 12.5. The molecule has 0 fully saturated rings. The van der Waals surface area contributed by atoms with Crippen molar-refractivity contribution in [1.82, 2.24) is 16.0 Å². The number of benzene rings is 1. The highest BCUT2D eigenvalue weighted by molar-refractivity contribution is 5.81. The lowest BCUT2D eigenvalue weighted by Crippen LogP contribution is -2.40. The zero-order valence-corrected chi connectivity index (χ0v) is 16.5. The van der Waals surface area contributed by atoms with Gasteiger partial charge < -0.3 is 25.4 Å². The van der Waals surface area contributed by atoms with E-state index in [1.165, 1.54) is 0 Å². The molecule has 0 aliphatic carbocycles. The van der Waals surface area contributed by atoms with Gasteiger partial charge in [-0.05, 0) is 39.8 Å². The summed E-state index contributed by atoms with van der Waals surface area (Å²) in [6, 6.07) is 7.64. The van der Waals surface area contributed by atoms with Crippen molar-refractivity contribution in [3.8, 4) is 11.5 Å². The van der Waals surface area contributed by atoms with Crippen molar-refractivity contribution < 1.29 is 14.3 Å². The van der Waals surface area contributed by atoms with Crippen molar-refractivity contribution in [2.45, 2.75) is 46.3 Å². The van der Waals surface area contributed by atoms with Gasteiger partial charge in [0.05, 0.1) is 13.7 Å². The molecule has 0 saturated carbocycles. The molecule has 0 radical (unpaired) electrons. The van der Waals surface area contributed by atoms with Gasteiger partial charge in [0.15, 0.2) is 5.96 Å². The van der Waals surface area contributed by atoms with Crippen LogP contribution in [0.15, 0.2) is 29.3 Å². The first-order valence-corrected chi connectivity index (χ1v) is 9.06. The molecule has 0 saturated heterocycles. The second kappa shape index (κ2) is 12.0. The fourth-order valence-corrected chi connectivity index (χ4v) is 2.19. The molecule has 0 spiro atoms. The number of hydrogen-bond acceptors (Lipinski definition) is 4. The van der Waals surface area contributed by atoms with Gasteiger partial charge in [-0.3, -0.25) is 4.79 Å². The molecule has 7 nitrogen and oxygen atoms in total. The fraction of sp³-hybridized carbons (Fsp3) is 0.579. The smallest absolute Gasteiger partial charge is 0.221 e. The second-order valence-electron chi connectivity index (χ2n) is 6.23. The monoisotopic (exact) mass is 364 g/mol. The molecular weight excluding hydrogens is 332 g/mol. The summed E-state index contributed by atoms with van der Waals surface area (Å²) < 4.78 is 11.1. The number of carbonyl (C=O) groups excluding carboxylic acids is 1. The Balaban J connectivity index is 2.47. The summed E-state index contributed by atoms with van der Waals surface area (Å²) in [5.74, 6) is 2.20. The minimum Gasteiger partial charge on any atom is -0.497 e. The second-order valence-corrected chi connectivity index (χ2v) is 6.23. The van der Waals surface area contributed by atoms with Crippen molar-refractivity contribution in [1.29, 1.82) is 0 Å². The number of nitrogens with one attached hydrogen (secondary N) is 3. The van der Waals surface area contributed by atoms with Crippen molar-refractivity contribution in [2.24, 2.45) is 4.99 Å². The molecule has 1 aromatic carbocycles. The quantitative estimate of drug-likeness (QED) is 0.436. The summed E-state index contributed by atoms with van der Waals surface area (Å²) in [6.45, 7) is 9.61. The van der Waals surface area contributed by atoms with E-state index in [1.54, 1.807) is 7.11 Å². The Morgan fingerprint density at radius 3 is 2.58 bits per heavy atom. The number of nitrogens with zero attached hydrogens (tertiary/aromatic N) is 1. The molecule has 0 bridgehead atoms. The van der Waals surface area contributed by atoms with Crippen molar-refractivity contribution in [3.05, 3.63) is 24.3 Å². The van der Waals surface area contributed by atoms with E-state index in [0.29, 0.717) is 25.5 Å². The number of hydrogen-bond donors (Lipinski definition) is 3. The van der Waals surface area contributed by atoms with Crippen LogP contribution < -0.4 is 25.4 Å². The first kappa shape index (κ1) is 21.6. The molecule has 0 heterocycles. The summed E-state index contributed by atoms with van der Waals surface area (Å²) in [7, 11) is 1.63. The summed E-state index contributed by atoms with van der Waals surface area (Å²) in [5, 5.41) is 9.20. The zero-order valence-electron chi connectivity index (χ0n) is 16.5. The molecule has 146 valence electrons. The van der Waals surface area contributed by atoms with E-state index >= 15 is 0 Å². The topological polar surface area (TPSA) is 84.0 Å². The molecule has 1 amide bonds. The number of ether oxygens (including phenoxy) is 2. The summed E-state index contributed by atoms with van der Waals surface area (Å²) in [6.07, 6.45) is 0.306. The third kappa shape index (κ3) is 9.15. The fourth-order valence-electron chi connectivity index (χ4n) is 2.19. The maximum Gasteiger partial charge on any atom is 0.221 e. The SMILES string of the molecule is CCNC(=NCC(C)Oc1cccc(OC)c1)NCCC(=O)NC(C)C. The van der Waals surface area contributed by atoms with Gasteiger partial charge in [0.25, 0.3) is 0 Å². The Morgan fingerprint density at radius 2 is 1.92 bits per heavy atom. The molecule has 1 rings (SSSR count). The Labute approximate surface area is 156 Å². The van der Waals surface area contributed by atoms with E-state index in [1.807, 2.05) is 52.0 Å². The third-order valence-electron chi connectivity index (χ3n) is 3.32. The van der Waals surface area contributed by atoms with Gasteiger partial charge in [-0.25, -0.2) is 4.99 Å². The van der Waals surface area contributed by atoms with Crippen LogP contribution in [0.25, 0.3) is 0 Å². The number of methoxy groups -OCH3 is 1. The Kier molecular flexibility index (Phi) is 9.97. The lowest BCUT2D eigenvalue weighted by Gasteiger charge is -2.16. The minimum absolute atomic E-state index is 0.0260. The molecule has 26 heavy (non-hydrogen) atoms. The third-order valence-corrected chi connectivity index (χ3v) is 3.32. The highest BCUT2D eigenvalue weighted by Gasteiger charge is 2.07. The van der Waals surface area contributed by atoms with E-state index in [-0.39, 0.29) is 18.1 Å². The summed E-state index contributed by atoms with van der Waals surface area (Å²) >= 11 is 0. The van der Waals surface area contributed by atoms with Crippen molar-refractivity contribution in [2.75, 3.05) is 26.7 Å². The van der Waals surface area contributed by atoms with E-state index in [4.69, 9.17) is 9.47 Å². The average molecular weight is 364 g/mol. The molecule has 0 aromatic heterocycles. The largest absolute Gasteiger partial charge is 0.497 e. The van der Waals surface area contributed by atoms with Gasteiger partial charge in [0, 0.05) is 31.6 Å². The summed E-state index contributed by atoms with van der Waals surface area (Å²) in [4.78, 5) is 16.2. The van der Waals surface area contributed by atoms with E-state index in [0.717, 1.165) is 18.0 Å². The highest BCUT2D eigenvalue weighted by Crippen LogP contribution is 2.19. The number of aliphatic imine (C=N–C) groups is 1. The van der Waals surface area contributed by atoms with Crippen molar-refractivity contribution >= 4 is 11.9 Å². The average Bonchev–Trinajstić information content (AvgIpc) is 2.59. The Hall–Kier alpha value is -2.44. The predicted octanol–water partition coefficient (Wildman–Crippen LogP) is 1.93. The maximum atomic E-state index is 11.7. The molecule has 1 atom stereocenters. The Morgan fingerprint density at radius 1 is 1.19 bits per heavy atom. The predicted molar refractivity (Wildman–Crippen MR) is 105 cm³/mol. The van der Waals surface area contributed by atoms with Gasteiger partial charge in [-0.1, -0.05) is 6.07 Å². The molecule has 3 N–H and O–H groups in total. The standard InChI is InChI=1S/C19H32N4O3/c1-6-20-19(21-11-10-18(24)23-14(2)3)22-13-15(4)26-17-9-7-8-16(12-17)25-5/h7-9,12,14-15H,6,10-11,13H2,1-5H3,(H,23,24)(H2,20,21,22). The lowest BCUT2D eigenvalue weighted by molar-refractivity contribution is -0.121. The number of rotatable bonds is 10. The van der Waals surface area contributed by atoms with E-state index in [2.05, 4.69) is 20.9 Å². The van der Waals surface area contributed by atoms with E-state index in [9.17, 15) is 4.79 Å². The van der Waals surface area contributed by atoms with Crippen LogP contribution in [-0.4, -0.2) is 50.8 Å². The van der Waals surface area contributed by atoms with Crippen LogP contribution in [0, 0.1) is 0 Å². The van der Waals surface area contributed by atoms with E-state index < -0.39 is 0 Å². The van der Waals surface area contributed by atoms with Gasteiger partial charge in [0.1, 0.15) is 17.6 Å². The number of carbonyl (C=O) groups is 1. The lowest BCUT2D eigenvalue weighted by atomic mass is 10.3. The first-order chi connectivity index (χ1) is 12.4. The number of amides is 1. The highest BCUT2D eigenvalue weighted by atomic mass is 16.5. The Bertz CT molecular complexity index is 576. The van der Waals surface area contributed by atoms with Gasteiger partial charge in [0.2, 0.25) is 5.91 Å². The molecule has 1 aromatic rings. The maximum absolute atomic E-state index is 11.7. The van der Waals surface area contributed by atoms with Crippen LogP contribution in [0.4, 0.5) is 0 Å². The van der Waals surface area contributed by atoms with Crippen molar-refractivity contribution in [3.63, 3.8) is 0 Å².